The van der Waals surface area contributed by atoms with Crippen molar-refractivity contribution in [1.29, 1.82) is 0 Å². The van der Waals surface area contributed by atoms with E-state index >= 15 is 0 Å². The van der Waals surface area contributed by atoms with E-state index in [1.807, 2.05) is 26.0 Å². The molecule has 4 rings (SSSR count). The first-order valence-corrected chi connectivity index (χ1v) is 11.0. The SMILES string of the molecule is COc1cc(NC(=O)CN2C(=O)[C@@H]3CCCC3=Nc3cc(C)c(C)cc32)cc(OC)c1OC. The van der Waals surface area contributed by atoms with E-state index < -0.39 is 0 Å². The van der Waals surface area contributed by atoms with E-state index in [9.17, 15) is 9.59 Å². The van der Waals surface area contributed by atoms with Crippen LogP contribution in [0.5, 0.6) is 17.2 Å². The van der Waals surface area contributed by atoms with Gasteiger partial charge < -0.3 is 24.4 Å². The Morgan fingerprint density at radius 2 is 1.73 bits per heavy atom. The molecule has 8 heteroatoms. The number of nitrogens with zero attached hydrogens (tertiary/aromatic N) is 2. The van der Waals surface area contributed by atoms with E-state index in [2.05, 4.69) is 5.32 Å². The van der Waals surface area contributed by atoms with Gasteiger partial charge in [-0.25, -0.2) is 0 Å². The molecule has 174 valence electrons. The predicted octanol–water partition coefficient (Wildman–Crippen LogP) is 4.19. The molecule has 0 radical (unpaired) electrons. The summed E-state index contributed by atoms with van der Waals surface area (Å²) in [5.74, 6) is 0.617. The van der Waals surface area contributed by atoms with Crippen molar-refractivity contribution in [2.24, 2.45) is 10.9 Å². The average molecular weight is 452 g/mol. The second-order valence-electron chi connectivity index (χ2n) is 8.36. The van der Waals surface area contributed by atoms with Gasteiger partial charge in [-0.05, 0) is 56.4 Å². The van der Waals surface area contributed by atoms with Crippen LogP contribution < -0.4 is 24.4 Å². The molecule has 1 aliphatic heterocycles. The highest BCUT2D eigenvalue weighted by Gasteiger charge is 2.37. The summed E-state index contributed by atoms with van der Waals surface area (Å²) in [6.45, 7) is 3.90. The largest absolute Gasteiger partial charge is 0.493 e. The van der Waals surface area contributed by atoms with Gasteiger partial charge in [0, 0.05) is 23.5 Å². The summed E-state index contributed by atoms with van der Waals surface area (Å²) in [6.07, 6.45) is 2.50. The lowest BCUT2D eigenvalue weighted by Gasteiger charge is -2.25. The molecule has 1 heterocycles. The van der Waals surface area contributed by atoms with Crippen molar-refractivity contribution >= 4 is 34.6 Å². The first kappa shape index (κ1) is 22.6. The Balaban J connectivity index is 1.64. The van der Waals surface area contributed by atoms with Crippen molar-refractivity contribution in [1.82, 2.24) is 0 Å². The molecule has 1 N–H and O–H groups in total. The summed E-state index contributed by atoms with van der Waals surface area (Å²) < 4.78 is 16.1. The van der Waals surface area contributed by atoms with Gasteiger partial charge in [0.2, 0.25) is 17.6 Å². The van der Waals surface area contributed by atoms with E-state index in [4.69, 9.17) is 19.2 Å². The Kier molecular flexibility index (Phi) is 6.26. The number of methoxy groups -OCH3 is 3. The highest BCUT2D eigenvalue weighted by atomic mass is 16.5. The first-order chi connectivity index (χ1) is 15.9. The molecular formula is C25H29N3O5. The quantitative estimate of drug-likeness (QED) is 0.711. The van der Waals surface area contributed by atoms with E-state index in [-0.39, 0.29) is 24.3 Å². The van der Waals surface area contributed by atoms with Crippen molar-refractivity contribution in [3.05, 3.63) is 35.4 Å². The van der Waals surface area contributed by atoms with E-state index in [1.54, 1.807) is 17.0 Å². The van der Waals surface area contributed by atoms with Gasteiger partial charge in [-0.1, -0.05) is 0 Å². The number of anilines is 2. The number of hydrogen-bond donors (Lipinski definition) is 1. The van der Waals surface area contributed by atoms with Crippen LogP contribution in [0.2, 0.25) is 0 Å². The Hall–Kier alpha value is -3.55. The third kappa shape index (κ3) is 4.25. The van der Waals surface area contributed by atoms with Crippen LogP contribution in [-0.4, -0.2) is 45.4 Å². The van der Waals surface area contributed by atoms with Crippen molar-refractivity contribution in [3.8, 4) is 17.2 Å². The number of rotatable bonds is 6. The summed E-state index contributed by atoms with van der Waals surface area (Å²) in [4.78, 5) is 33.0. The van der Waals surface area contributed by atoms with Gasteiger partial charge in [-0.15, -0.1) is 0 Å². The van der Waals surface area contributed by atoms with Gasteiger partial charge in [-0.3, -0.25) is 14.6 Å². The Morgan fingerprint density at radius 3 is 2.36 bits per heavy atom. The minimum atomic E-state index is -0.330. The van der Waals surface area contributed by atoms with Gasteiger partial charge >= 0.3 is 0 Å². The summed E-state index contributed by atoms with van der Waals surface area (Å²) in [6, 6.07) is 7.25. The molecule has 2 aromatic rings. The van der Waals surface area contributed by atoms with Crippen LogP contribution in [0.4, 0.5) is 17.1 Å². The number of benzene rings is 2. The fourth-order valence-corrected chi connectivity index (χ4v) is 4.44. The van der Waals surface area contributed by atoms with Crippen molar-refractivity contribution in [2.45, 2.75) is 33.1 Å². The molecular weight excluding hydrogens is 422 g/mol. The zero-order valence-corrected chi connectivity index (χ0v) is 19.7. The molecule has 0 saturated heterocycles. The molecule has 33 heavy (non-hydrogen) atoms. The molecule has 2 aliphatic rings. The lowest BCUT2D eigenvalue weighted by Crippen LogP contribution is -2.42. The topological polar surface area (TPSA) is 89.5 Å². The van der Waals surface area contributed by atoms with Crippen LogP contribution in [0, 0.1) is 19.8 Å². The molecule has 1 atom stereocenters. The van der Waals surface area contributed by atoms with Crippen LogP contribution in [0.3, 0.4) is 0 Å². The minimum absolute atomic E-state index is 0.0757. The van der Waals surface area contributed by atoms with E-state index in [0.717, 1.165) is 41.8 Å². The standard InChI is InChI=1S/C25H29N3O5/c1-14-9-19-20(10-15(14)2)28(25(30)17-7-6-8-18(17)27-19)13-23(29)26-16-11-21(31-3)24(33-5)22(12-16)32-4/h9-12,17H,6-8,13H2,1-5H3,(H,26,29)/t17-/m1/s1. The third-order valence-electron chi connectivity index (χ3n) is 6.29. The van der Waals surface area contributed by atoms with Crippen molar-refractivity contribution in [2.75, 3.05) is 38.1 Å². The smallest absolute Gasteiger partial charge is 0.244 e. The zero-order chi connectivity index (χ0) is 23.7. The zero-order valence-electron chi connectivity index (χ0n) is 19.7. The van der Waals surface area contributed by atoms with Gasteiger partial charge in [0.25, 0.3) is 0 Å². The molecule has 2 aromatic carbocycles. The maximum Gasteiger partial charge on any atom is 0.244 e. The summed E-state index contributed by atoms with van der Waals surface area (Å²) in [5, 5.41) is 2.86. The fraction of sp³-hybridized carbons (Fsp3) is 0.400. The van der Waals surface area contributed by atoms with Gasteiger partial charge in [0.15, 0.2) is 11.5 Å². The van der Waals surface area contributed by atoms with Crippen LogP contribution in [0.25, 0.3) is 0 Å². The van der Waals surface area contributed by atoms with Gasteiger partial charge in [-0.2, -0.15) is 0 Å². The summed E-state index contributed by atoms with van der Waals surface area (Å²) in [5.41, 5.74) is 4.95. The van der Waals surface area contributed by atoms with E-state index in [1.165, 1.54) is 21.3 Å². The molecule has 1 aliphatic carbocycles. The van der Waals surface area contributed by atoms with Gasteiger partial charge in [0.1, 0.15) is 6.54 Å². The number of nitrogens with one attached hydrogen (secondary N) is 1. The Morgan fingerprint density at radius 1 is 1.06 bits per heavy atom. The number of carbonyl (C=O) groups is 2. The second-order valence-corrected chi connectivity index (χ2v) is 8.36. The molecule has 8 nitrogen and oxygen atoms in total. The van der Waals surface area contributed by atoms with Crippen molar-refractivity contribution in [3.63, 3.8) is 0 Å². The van der Waals surface area contributed by atoms with Crippen LogP contribution in [-0.2, 0) is 9.59 Å². The lowest BCUT2D eigenvalue weighted by molar-refractivity contribution is -0.122. The lowest BCUT2D eigenvalue weighted by atomic mass is 10.0. The van der Waals surface area contributed by atoms with Crippen LogP contribution in [0.1, 0.15) is 30.4 Å². The highest BCUT2D eigenvalue weighted by molar-refractivity contribution is 6.17. The molecule has 0 spiro atoms. The van der Waals surface area contributed by atoms with Gasteiger partial charge in [0.05, 0.1) is 38.6 Å². The fourth-order valence-electron chi connectivity index (χ4n) is 4.44. The summed E-state index contributed by atoms with van der Waals surface area (Å²) >= 11 is 0. The average Bonchev–Trinajstić information content (AvgIpc) is 3.23. The number of aliphatic imine (C=N–C) groups is 1. The number of carbonyl (C=O) groups excluding carboxylic acids is 2. The molecule has 2 amide bonds. The van der Waals surface area contributed by atoms with Crippen molar-refractivity contribution < 1.29 is 23.8 Å². The minimum Gasteiger partial charge on any atom is -0.493 e. The molecule has 1 saturated carbocycles. The van der Waals surface area contributed by atoms with Crippen LogP contribution in [0.15, 0.2) is 29.3 Å². The molecule has 0 unspecified atom stereocenters. The number of amides is 2. The highest BCUT2D eigenvalue weighted by Crippen LogP contribution is 2.41. The number of hydrogen-bond acceptors (Lipinski definition) is 6. The first-order valence-electron chi connectivity index (χ1n) is 11.0. The maximum absolute atomic E-state index is 13.5. The molecule has 0 bridgehead atoms. The maximum atomic E-state index is 13.5. The summed E-state index contributed by atoms with van der Waals surface area (Å²) in [7, 11) is 4.54. The number of aryl methyl sites for hydroxylation is 2. The molecule has 0 aromatic heterocycles. The Labute approximate surface area is 193 Å². The third-order valence-corrected chi connectivity index (χ3v) is 6.29. The molecule has 1 fully saturated rings. The monoisotopic (exact) mass is 451 g/mol. The Bertz CT molecular complexity index is 1120. The number of ether oxygens (including phenoxy) is 3. The normalized spacial score (nSPS) is 17.0. The van der Waals surface area contributed by atoms with E-state index in [0.29, 0.717) is 28.6 Å². The number of fused-ring (bicyclic) bond motifs is 2. The predicted molar refractivity (Wildman–Crippen MR) is 127 cm³/mol. The van der Waals surface area contributed by atoms with Crippen LogP contribution >= 0.6 is 0 Å². The second kappa shape index (κ2) is 9.13.